The van der Waals surface area contributed by atoms with Crippen molar-refractivity contribution in [2.45, 2.75) is 18.7 Å². The Bertz CT molecular complexity index is 807. The lowest BCUT2D eigenvalue weighted by Gasteiger charge is -2.14. The van der Waals surface area contributed by atoms with Crippen LogP contribution in [0.1, 0.15) is 11.1 Å². The molecule has 0 aliphatic carbocycles. The Labute approximate surface area is 137 Å². The fourth-order valence-electron chi connectivity index (χ4n) is 1.88. The van der Waals surface area contributed by atoms with Crippen LogP contribution in [0, 0.1) is 13.8 Å². The highest BCUT2D eigenvalue weighted by molar-refractivity contribution is 9.10. The van der Waals surface area contributed by atoms with Crippen molar-refractivity contribution in [2.75, 3.05) is 10.5 Å². The summed E-state index contributed by atoms with van der Waals surface area (Å²) in [5.74, 6) is 0. The van der Waals surface area contributed by atoms with Gasteiger partial charge in [0, 0.05) is 4.47 Å². The number of hydrogen-bond donors (Lipinski definition) is 2. The second kappa shape index (κ2) is 5.87. The minimum absolute atomic E-state index is 0.115. The Kier molecular flexibility index (Phi) is 4.51. The number of benzene rings is 2. The average molecular weight is 390 g/mol. The van der Waals surface area contributed by atoms with E-state index in [0.29, 0.717) is 16.3 Å². The maximum Gasteiger partial charge on any atom is 0.262 e. The lowest BCUT2D eigenvalue weighted by Crippen LogP contribution is -2.15. The van der Waals surface area contributed by atoms with Gasteiger partial charge in [-0.3, -0.25) is 4.72 Å². The highest BCUT2D eigenvalue weighted by Crippen LogP contribution is 2.29. The maximum absolute atomic E-state index is 12.5. The van der Waals surface area contributed by atoms with E-state index in [0.717, 1.165) is 10.0 Å². The van der Waals surface area contributed by atoms with Crippen molar-refractivity contribution in [3.63, 3.8) is 0 Å². The van der Waals surface area contributed by atoms with E-state index in [4.69, 9.17) is 17.3 Å². The van der Waals surface area contributed by atoms with E-state index in [-0.39, 0.29) is 10.6 Å². The fraction of sp³-hybridized carbons (Fsp3) is 0.143. The van der Waals surface area contributed by atoms with Gasteiger partial charge in [-0.15, -0.1) is 0 Å². The van der Waals surface area contributed by atoms with Gasteiger partial charge in [-0.25, -0.2) is 8.42 Å². The Morgan fingerprint density at radius 3 is 2.57 bits per heavy atom. The first-order valence-corrected chi connectivity index (χ1v) is 8.71. The summed E-state index contributed by atoms with van der Waals surface area (Å²) in [7, 11) is -3.73. The number of aryl methyl sites for hydroxylation is 1. The number of nitrogens with two attached hydrogens (primary N) is 1. The summed E-state index contributed by atoms with van der Waals surface area (Å²) in [4.78, 5) is 0.115. The monoisotopic (exact) mass is 388 g/mol. The van der Waals surface area contributed by atoms with E-state index in [9.17, 15) is 8.42 Å². The SMILES string of the molecule is Cc1cc(Cl)c(N)cc1S(=O)(=O)Nc1cccc(Br)c1C. The molecule has 4 nitrogen and oxygen atoms in total. The molecule has 7 heteroatoms. The third-order valence-corrected chi connectivity index (χ3v) is 5.79. The van der Waals surface area contributed by atoms with Gasteiger partial charge in [0.1, 0.15) is 0 Å². The van der Waals surface area contributed by atoms with Gasteiger partial charge in [0.2, 0.25) is 0 Å². The first kappa shape index (κ1) is 16.1. The van der Waals surface area contributed by atoms with E-state index in [1.807, 2.05) is 13.0 Å². The van der Waals surface area contributed by atoms with Crippen molar-refractivity contribution in [3.8, 4) is 0 Å². The van der Waals surface area contributed by atoms with Crippen LogP contribution >= 0.6 is 27.5 Å². The summed E-state index contributed by atoms with van der Waals surface area (Å²) >= 11 is 9.27. The molecule has 0 heterocycles. The van der Waals surface area contributed by atoms with Crippen LogP contribution in [0.15, 0.2) is 39.7 Å². The molecule has 0 spiro atoms. The van der Waals surface area contributed by atoms with Crippen LogP contribution in [-0.4, -0.2) is 8.42 Å². The van der Waals surface area contributed by atoms with Gasteiger partial charge in [-0.05, 0) is 49.2 Å². The van der Waals surface area contributed by atoms with Crippen LogP contribution < -0.4 is 10.5 Å². The molecular weight excluding hydrogens is 376 g/mol. The van der Waals surface area contributed by atoms with Crippen LogP contribution in [-0.2, 0) is 10.0 Å². The second-order valence-corrected chi connectivity index (χ2v) is 7.57. The van der Waals surface area contributed by atoms with Crippen molar-refractivity contribution in [1.29, 1.82) is 0 Å². The van der Waals surface area contributed by atoms with Crippen LogP contribution in [0.5, 0.6) is 0 Å². The van der Waals surface area contributed by atoms with Gasteiger partial charge in [-0.1, -0.05) is 33.6 Å². The zero-order chi connectivity index (χ0) is 15.8. The van der Waals surface area contributed by atoms with Crippen molar-refractivity contribution >= 4 is 48.9 Å². The fourth-order valence-corrected chi connectivity index (χ4v) is 3.85. The quantitative estimate of drug-likeness (QED) is 0.776. The molecule has 112 valence electrons. The first-order chi connectivity index (χ1) is 9.72. The van der Waals surface area contributed by atoms with Crippen LogP contribution in [0.3, 0.4) is 0 Å². The molecule has 0 aromatic heterocycles. The Morgan fingerprint density at radius 1 is 1.24 bits per heavy atom. The molecule has 0 aliphatic rings. The van der Waals surface area contributed by atoms with Crippen molar-refractivity contribution in [1.82, 2.24) is 0 Å². The second-order valence-electron chi connectivity index (χ2n) is 4.66. The first-order valence-electron chi connectivity index (χ1n) is 6.06. The number of anilines is 2. The van der Waals surface area contributed by atoms with E-state index >= 15 is 0 Å². The summed E-state index contributed by atoms with van der Waals surface area (Å²) in [6.45, 7) is 3.50. The molecule has 2 rings (SSSR count). The van der Waals surface area contributed by atoms with Crippen LogP contribution in [0.4, 0.5) is 11.4 Å². The number of halogens is 2. The number of nitrogen functional groups attached to an aromatic ring is 1. The van der Waals surface area contributed by atoms with E-state index in [2.05, 4.69) is 20.7 Å². The normalized spacial score (nSPS) is 11.4. The zero-order valence-electron chi connectivity index (χ0n) is 11.4. The van der Waals surface area contributed by atoms with Crippen LogP contribution in [0.25, 0.3) is 0 Å². The summed E-state index contributed by atoms with van der Waals surface area (Å²) in [6, 6.07) is 8.22. The molecule has 0 bridgehead atoms. The standard InChI is InChI=1S/C14H14BrClN2O2S/c1-8-6-11(16)12(17)7-14(8)21(19,20)18-13-5-3-4-10(15)9(13)2/h3-7,18H,17H2,1-2H3. The molecule has 21 heavy (non-hydrogen) atoms. The molecule has 0 amide bonds. The molecule has 0 radical (unpaired) electrons. The molecule has 0 fully saturated rings. The molecule has 0 saturated carbocycles. The average Bonchev–Trinajstić information content (AvgIpc) is 2.39. The predicted molar refractivity (Wildman–Crippen MR) is 90.3 cm³/mol. The molecule has 0 unspecified atom stereocenters. The van der Waals surface area contributed by atoms with Gasteiger partial charge in [-0.2, -0.15) is 0 Å². The van der Waals surface area contributed by atoms with Gasteiger partial charge >= 0.3 is 0 Å². The van der Waals surface area contributed by atoms with Gasteiger partial charge in [0.25, 0.3) is 10.0 Å². The smallest absolute Gasteiger partial charge is 0.262 e. The Balaban J connectivity index is 2.48. The van der Waals surface area contributed by atoms with Gasteiger partial charge in [0.05, 0.1) is 21.3 Å². The zero-order valence-corrected chi connectivity index (χ0v) is 14.6. The summed E-state index contributed by atoms with van der Waals surface area (Å²) in [5.41, 5.74) is 7.79. The molecule has 3 N–H and O–H groups in total. The number of rotatable bonds is 3. The summed E-state index contributed by atoms with van der Waals surface area (Å²) in [6.07, 6.45) is 0. The highest BCUT2D eigenvalue weighted by Gasteiger charge is 2.19. The number of nitrogens with one attached hydrogen (secondary N) is 1. The van der Waals surface area contributed by atoms with Gasteiger partial charge < -0.3 is 5.73 Å². The highest BCUT2D eigenvalue weighted by atomic mass is 79.9. The third-order valence-electron chi connectivity index (χ3n) is 3.10. The Morgan fingerprint density at radius 2 is 1.90 bits per heavy atom. The minimum Gasteiger partial charge on any atom is -0.397 e. The van der Waals surface area contributed by atoms with Crippen LogP contribution in [0.2, 0.25) is 5.02 Å². The maximum atomic E-state index is 12.5. The van der Waals surface area contributed by atoms with E-state index in [1.54, 1.807) is 25.1 Å². The van der Waals surface area contributed by atoms with Crippen molar-refractivity contribution in [3.05, 3.63) is 51.0 Å². The lowest BCUT2D eigenvalue weighted by atomic mass is 10.2. The van der Waals surface area contributed by atoms with E-state index < -0.39 is 10.0 Å². The molecule has 0 aliphatic heterocycles. The predicted octanol–water partition coefficient (Wildman–Crippen LogP) is 4.10. The minimum atomic E-state index is -3.73. The van der Waals surface area contributed by atoms with Crippen molar-refractivity contribution < 1.29 is 8.42 Å². The van der Waals surface area contributed by atoms with Crippen molar-refractivity contribution in [2.24, 2.45) is 0 Å². The summed E-state index contributed by atoms with van der Waals surface area (Å²) in [5, 5.41) is 0.338. The topological polar surface area (TPSA) is 72.2 Å². The molecule has 0 saturated heterocycles. The van der Waals surface area contributed by atoms with E-state index in [1.165, 1.54) is 6.07 Å². The molecule has 2 aromatic rings. The number of hydrogen-bond acceptors (Lipinski definition) is 3. The molecular formula is C14H14BrClN2O2S. The van der Waals surface area contributed by atoms with Gasteiger partial charge in [0.15, 0.2) is 0 Å². The molecule has 0 atom stereocenters. The molecule has 2 aromatic carbocycles. The number of sulfonamides is 1. The lowest BCUT2D eigenvalue weighted by molar-refractivity contribution is 0.600. The third kappa shape index (κ3) is 3.33. The largest absolute Gasteiger partial charge is 0.397 e. The Hall–Kier alpha value is -1.24. The summed E-state index contributed by atoms with van der Waals surface area (Å²) < 4.78 is 28.5.